The molecule has 2 aliphatic rings. The summed E-state index contributed by atoms with van der Waals surface area (Å²) in [6.07, 6.45) is 9.48. The lowest BCUT2D eigenvalue weighted by atomic mass is 9.85. The molecule has 0 bridgehead atoms. The minimum absolute atomic E-state index is 0.142. The second-order valence-electron chi connectivity index (χ2n) is 5.73. The summed E-state index contributed by atoms with van der Waals surface area (Å²) in [4.78, 5) is 24.1. The van der Waals surface area contributed by atoms with Gasteiger partial charge in [0.25, 0.3) is 0 Å². The topological polar surface area (TPSA) is 57.6 Å². The third-order valence-electron chi connectivity index (χ3n) is 4.31. The molecular weight excluding hydrogens is 230 g/mol. The number of carbonyl (C=O) groups is 2. The number of rotatable bonds is 5. The highest BCUT2D eigenvalue weighted by Crippen LogP contribution is 2.28. The molecule has 18 heavy (non-hydrogen) atoms. The van der Waals surface area contributed by atoms with Crippen LogP contribution < -0.4 is 0 Å². The summed E-state index contributed by atoms with van der Waals surface area (Å²) in [5, 5.41) is 8.74. The molecule has 0 radical (unpaired) electrons. The van der Waals surface area contributed by atoms with Crippen LogP contribution >= 0.6 is 0 Å². The zero-order chi connectivity index (χ0) is 13.0. The molecule has 0 spiro atoms. The van der Waals surface area contributed by atoms with Crippen LogP contribution in [0.15, 0.2) is 0 Å². The van der Waals surface area contributed by atoms with Gasteiger partial charge >= 0.3 is 5.97 Å². The maximum absolute atomic E-state index is 11.8. The van der Waals surface area contributed by atoms with E-state index in [4.69, 9.17) is 5.11 Å². The minimum atomic E-state index is -0.777. The Hall–Kier alpha value is -1.06. The van der Waals surface area contributed by atoms with Crippen LogP contribution in [0.4, 0.5) is 0 Å². The van der Waals surface area contributed by atoms with Crippen molar-refractivity contribution in [1.29, 1.82) is 0 Å². The van der Waals surface area contributed by atoms with Crippen molar-refractivity contribution in [3.8, 4) is 0 Å². The molecule has 4 heteroatoms. The molecule has 4 nitrogen and oxygen atoms in total. The van der Waals surface area contributed by atoms with Crippen molar-refractivity contribution in [1.82, 2.24) is 4.90 Å². The van der Waals surface area contributed by atoms with Crippen LogP contribution in [-0.4, -0.2) is 35.0 Å². The monoisotopic (exact) mass is 253 g/mol. The van der Waals surface area contributed by atoms with Gasteiger partial charge in [-0.1, -0.05) is 32.1 Å². The van der Waals surface area contributed by atoms with E-state index in [-0.39, 0.29) is 11.8 Å². The Kier molecular flexibility index (Phi) is 4.61. The van der Waals surface area contributed by atoms with E-state index in [9.17, 15) is 9.59 Å². The maximum atomic E-state index is 11.8. The van der Waals surface area contributed by atoms with Crippen LogP contribution in [0.25, 0.3) is 0 Å². The summed E-state index contributed by atoms with van der Waals surface area (Å²) in [5.41, 5.74) is 0. The predicted octanol–water partition coefficient (Wildman–Crippen LogP) is 2.28. The minimum Gasteiger partial charge on any atom is -0.481 e. The van der Waals surface area contributed by atoms with Crippen LogP contribution in [0, 0.1) is 11.8 Å². The summed E-state index contributed by atoms with van der Waals surface area (Å²) in [5.74, 6) is -0.133. The SMILES string of the molecule is O=C(O)C1CN(C(=O)CCCC2CCCCC2)C1. The van der Waals surface area contributed by atoms with E-state index in [1.807, 2.05) is 0 Å². The van der Waals surface area contributed by atoms with E-state index in [1.54, 1.807) is 4.90 Å². The van der Waals surface area contributed by atoms with Gasteiger partial charge in [0, 0.05) is 19.5 Å². The zero-order valence-corrected chi connectivity index (χ0v) is 10.9. The second kappa shape index (κ2) is 6.21. The standard InChI is InChI=1S/C14H23NO3/c16-13(15-9-12(10-15)14(17)18)8-4-7-11-5-2-1-3-6-11/h11-12H,1-10H2,(H,17,18). The Morgan fingerprint density at radius 3 is 2.39 bits per heavy atom. The number of carbonyl (C=O) groups excluding carboxylic acids is 1. The van der Waals surface area contributed by atoms with E-state index in [0.29, 0.717) is 19.5 Å². The highest BCUT2D eigenvalue weighted by molar-refractivity contribution is 5.80. The Morgan fingerprint density at radius 2 is 1.78 bits per heavy atom. The van der Waals surface area contributed by atoms with Crippen molar-refractivity contribution in [3.05, 3.63) is 0 Å². The molecule has 0 aromatic rings. The molecule has 1 amide bonds. The third kappa shape index (κ3) is 3.47. The predicted molar refractivity (Wildman–Crippen MR) is 68.1 cm³/mol. The number of hydrogen-bond acceptors (Lipinski definition) is 2. The quantitative estimate of drug-likeness (QED) is 0.817. The van der Waals surface area contributed by atoms with Gasteiger partial charge < -0.3 is 10.0 Å². The van der Waals surface area contributed by atoms with Crippen LogP contribution in [0.5, 0.6) is 0 Å². The van der Waals surface area contributed by atoms with Crippen LogP contribution in [0.3, 0.4) is 0 Å². The molecule has 2 rings (SSSR count). The van der Waals surface area contributed by atoms with Gasteiger partial charge in [-0.05, 0) is 18.8 Å². The molecule has 0 unspecified atom stereocenters. The molecule has 0 atom stereocenters. The molecule has 1 aliphatic carbocycles. The van der Waals surface area contributed by atoms with Crippen molar-refractivity contribution in [3.63, 3.8) is 0 Å². The van der Waals surface area contributed by atoms with Gasteiger partial charge in [-0.3, -0.25) is 9.59 Å². The number of likely N-dealkylation sites (tertiary alicyclic amines) is 1. The maximum Gasteiger partial charge on any atom is 0.310 e. The zero-order valence-electron chi connectivity index (χ0n) is 10.9. The average molecular weight is 253 g/mol. The normalized spacial score (nSPS) is 21.7. The van der Waals surface area contributed by atoms with Crippen LogP contribution in [0.2, 0.25) is 0 Å². The first-order valence-electron chi connectivity index (χ1n) is 7.17. The number of amides is 1. The number of carboxylic acid groups (broad SMARTS) is 1. The smallest absolute Gasteiger partial charge is 0.310 e. The highest BCUT2D eigenvalue weighted by Gasteiger charge is 2.35. The van der Waals surface area contributed by atoms with E-state index >= 15 is 0 Å². The lowest BCUT2D eigenvalue weighted by Crippen LogP contribution is -2.52. The van der Waals surface area contributed by atoms with Gasteiger partial charge in [0.1, 0.15) is 0 Å². The van der Waals surface area contributed by atoms with E-state index in [2.05, 4.69) is 0 Å². The summed E-state index contributed by atoms with van der Waals surface area (Å²) in [7, 11) is 0. The van der Waals surface area contributed by atoms with Gasteiger partial charge in [-0.25, -0.2) is 0 Å². The lowest BCUT2D eigenvalue weighted by Gasteiger charge is -2.36. The molecular formula is C14H23NO3. The van der Waals surface area contributed by atoms with Crippen LogP contribution in [-0.2, 0) is 9.59 Å². The van der Waals surface area contributed by atoms with Gasteiger partial charge in [0.2, 0.25) is 5.91 Å². The third-order valence-corrected chi connectivity index (χ3v) is 4.31. The number of aliphatic carboxylic acids is 1. The molecule has 1 aliphatic heterocycles. The van der Waals surface area contributed by atoms with E-state index in [0.717, 1.165) is 12.3 Å². The van der Waals surface area contributed by atoms with E-state index in [1.165, 1.54) is 38.5 Å². The van der Waals surface area contributed by atoms with Crippen LogP contribution in [0.1, 0.15) is 51.4 Å². The number of carboxylic acids is 1. The summed E-state index contributed by atoms with van der Waals surface area (Å²) in [6.45, 7) is 0.829. The molecule has 0 aromatic heterocycles. The summed E-state index contributed by atoms with van der Waals surface area (Å²) < 4.78 is 0. The first-order valence-corrected chi connectivity index (χ1v) is 7.17. The molecule has 0 aromatic carbocycles. The Morgan fingerprint density at radius 1 is 1.11 bits per heavy atom. The van der Waals surface area contributed by atoms with Crippen molar-refractivity contribution >= 4 is 11.9 Å². The van der Waals surface area contributed by atoms with Gasteiger partial charge in [-0.2, -0.15) is 0 Å². The van der Waals surface area contributed by atoms with Crippen molar-refractivity contribution < 1.29 is 14.7 Å². The first kappa shape index (κ1) is 13.4. The van der Waals surface area contributed by atoms with Crippen molar-refractivity contribution in [2.24, 2.45) is 11.8 Å². The lowest BCUT2D eigenvalue weighted by molar-refractivity contribution is -0.152. The molecule has 102 valence electrons. The average Bonchev–Trinajstić information content (AvgIpc) is 2.28. The fraction of sp³-hybridized carbons (Fsp3) is 0.857. The molecule has 2 fully saturated rings. The van der Waals surface area contributed by atoms with Crippen molar-refractivity contribution in [2.75, 3.05) is 13.1 Å². The highest BCUT2D eigenvalue weighted by atomic mass is 16.4. The van der Waals surface area contributed by atoms with E-state index < -0.39 is 5.97 Å². The molecule has 1 N–H and O–H groups in total. The molecule has 1 saturated heterocycles. The van der Waals surface area contributed by atoms with Crippen molar-refractivity contribution in [2.45, 2.75) is 51.4 Å². The Bertz CT molecular complexity index is 304. The second-order valence-corrected chi connectivity index (χ2v) is 5.73. The number of hydrogen-bond donors (Lipinski definition) is 1. The molecule has 1 saturated carbocycles. The first-order chi connectivity index (χ1) is 8.66. The van der Waals surface area contributed by atoms with Gasteiger partial charge in [-0.15, -0.1) is 0 Å². The summed E-state index contributed by atoms with van der Waals surface area (Å²) >= 11 is 0. The summed E-state index contributed by atoms with van der Waals surface area (Å²) in [6, 6.07) is 0. The van der Waals surface area contributed by atoms with Gasteiger partial charge in [0.15, 0.2) is 0 Å². The Labute approximate surface area is 108 Å². The number of nitrogens with zero attached hydrogens (tertiary/aromatic N) is 1. The fourth-order valence-corrected chi connectivity index (χ4v) is 3.01. The molecule has 1 heterocycles. The van der Waals surface area contributed by atoms with Gasteiger partial charge in [0.05, 0.1) is 5.92 Å². The fourth-order valence-electron chi connectivity index (χ4n) is 3.01. The largest absolute Gasteiger partial charge is 0.481 e. The Balaban J connectivity index is 1.57.